The number of carboxylic acid groups (broad SMARTS) is 1. The zero-order valence-electron chi connectivity index (χ0n) is 11.6. The second kappa shape index (κ2) is 7.85. The van der Waals surface area contributed by atoms with Crippen molar-refractivity contribution < 1.29 is 14.7 Å². The first-order valence-corrected chi connectivity index (χ1v) is 6.88. The van der Waals surface area contributed by atoms with Gasteiger partial charge >= 0.3 is 5.97 Å². The number of carbonyl (C=O) groups excluding carboxylic acids is 1. The predicted molar refractivity (Wildman–Crippen MR) is 76.8 cm³/mol. The van der Waals surface area contributed by atoms with E-state index >= 15 is 0 Å². The number of amides is 1. The first-order valence-electron chi connectivity index (χ1n) is 6.51. The number of carbonyl (C=O) groups is 2. The van der Waals surface area contributed by atoms with Crippen LogP contribution < -0.4 is 5.32 Å². The standard InChI is InChI=1S/C14H19ClN2O3/c1-9(2)6-10(7-13(18)19)8-16-14(20)11-4-3-5-12(15)17-11/h3-5,9-10H,6-8H2,1-2H3,(H,16,20)(H,18,19). The molecule has 1 amide bonds. The van der Waals surface area contributed by atoms with Gasteiger partial charge in [-0.15, -0.1) is 0 Å². The van der Waals surface area contributed by atoms with Crippen molar-refractivity contribution in [1.29, 1.82) is 0 Å². The van der Waals surface area contributed by atoms with Gasteiger partial charge in [-0.05, 0) is 30.4 Å². The summed E-state index contributed by atoms with van der Waals surface area (Å²) in [6.07, 6.45) is 0.789. The fraction of sp³-hybridized carbons (Fsp3) is 0.500. The third-order valence-corrected chi connectivity index (χ3v) is 2.98. The normalized spacial score (nSPS) is 12.2. The smallest absolute Gasteiger partial charge is 0.303 e. The average Bonchev–Trinajstić information content (AvgIpc) is 2.34. The average molecular weight is 299 g/mol. The maximum atomic E-state index is 11.9. The van der Waals surface area contributed by atoms with Crippen LogP contribution >= 0.6 is 11.6 Å². The lowest BCUT2D eigenvalue weighted by molar-refractivity contribution is -0.138. The van der Waals surface area contributed by atoms with Crippen LogP contribution in [0.25, 0.3) is 0 Å². The Morgan fingerprint density at radius 3 is 2.65 bits per heavy atom. The molecule has 1 aromatic heterocycles. The Balaban J connectivity index is 2.57. The molecule has 1 unspecified atom stereocenters. The van der Waals surface area contributed by atoms with Gasteiger partial charge in [-0.25, -0.2) is 4.98 Å². The van der Waals surface area contributed by atoms with Crippen LogP contribution in [0.2, 0.25) is 5.15 Å². The Morgan fingerprint density at radius 2 is 2.10 bits per heavy atom. The molecule has 2 N–H and O–H groups in total. The van der Waals surface area contributed by atoms with Crippen LogP contribution in [0.15, 0.2) is 18.2 Å². The molecule has 1 heterocycles. The maximum Gasteiger partial charge on any atom is 0.303 e. The van der Waals surface area contributed by atoms with Gasteiger partial charge in [-0.3, -0.25) is 9.59 Å². The highest BCUT2D eigenvalue weighted by atomic mass is 35.5. The fourth-order valence-electron chi connectivity index (χ4n) is 2.01. The molecular formula is C14H19ClN2O3. The van der Waals surface area contributed by atoms with Crippen molar-refractivity contribution in [3.8, 4) is 0 Å². The first-order chi connectivity index (χ1) is 9.38. The molecule has 0 saturated heterocycles. The van der Waals surface area contributed by atoms with Crippen LogP contribution in [0.5, 0.6) is 0 Å². The molecule has 6 heteroatoms. The zero-order chi connectivity index (χ0) is 15.1. The molecule has 0 aliphatic rings. The molecule has 0 radical (unpaired) electrons. The Kier molecular flexibility index (Phi) is 6.45. The molecule has 0 aliphatic carbocycles. The number of nitrogens with zero attached hydrogens (tertiary/aromatic N) is 1. The number of rotatable bonds is 7. The summed E-state index contributed by atoms with van der Waals surface area (Å²) in [4.78, 5) is 26.6. The Labute approximate surface area is 123 Å². The van der Waals surface area contributed by atoms with Gasteiger partial charge in [-0.2, -0.15) is 0 Å². The van der Waals surface area contributed by atoms with Crippen LogP contribution in [-0.2, 0) is 4.79 Å². The van der Waals surface area contributed by atoms with Crippen molar-refractivity contribution in [2.24, 2.45) is 11.8 Å². The Bertz CT molecular complexity index is 477. The number of nitrogens with one attached hydrogen (secondary N) is 1. The van der Waals surface area contributed by atoms with Crippen LogP contribution in [-0.4, -0.2) is 28.5 Å². The van der Waals surface area contributed by atoms with Crippen molar-refractivity contribution in [3.05, 3.63) is 29.0 Å². The number of carboxylic acids is 1. The van der Waals surface area contributed by atoms with Gasteiger partial charge in [0.1, 0.15) is 10.8 Å². The molecule has 0 saturated carbocycles. The van der Waals surface area contributed by atoms with Gasteiger partial charge in [-0.1, -0.05) is 31.5 Å². The summed E-state index contributed by atoms with van der Waals surface area (Å²) in [6.45, 7) is 4.36. The largest absolute Gasteiger partial charge is 0.481 e. The fourth-order valence-corrected chi connectivity index (χ4v) is 2.18. The minimum Gasteiger partial charge on any atom is -0.481 e. The lowest BCUT2D eigenvalue weighted by Crippen LogP contribution is -2.31. The molecule has 1 rings (SSSR count). The Morgan fingerprint density at radius 1 is 1.40 bits per heavy atom. The minimum absolute atomic E-state index is 0.0431. The number of hydrogen-bond donors (Lipinski definition) is 2. The predicted octanol–water partition coefficient (Wildman–Crippen LogP) is 2.60. The molecule has 0 aliphatic heterocycles. The summed E-state index contributed by atoms with van der Waals surface area (Å²) >= 11 is 5.72. The van der Waals surface area contributed by atoms with E-state index in [1.54, 1.807) is 18.2 Å². The van der Waals surface area contributed by atoms with E-state index in [0.717, 1.165) is 6.42 Å². The summed E-state index contributed by atoms with van der Waals surface area (Å²) in [7, 11) is 0. The summed E-state index contributed by atoms with van der Waals surface area (Å²) in [5.41, 5.74) is 0.233. The molecular weight excluding hydrogens is 280 g/mol. The van der Waals surface area contributed by atoms with Gasteiger partial charge in [0, 0.05) is 13.0 Å². The van der Waals surface area contributed by atoms with Crippen molar-refractivity contribution >= 4 is 23.5 Å². The van der Waals surface area contributed by atoms with Gasteiger partial charge in [0.2, 0.25) is 0 Å². The van der Waals surface area contributed by atoms with Crippen LogP contribution in [0.1, 0.15) is 37.2 Å². The molecule has 0 bridgehead atoms. The molecule has 5 nitrogen and oxygen atoms in total. The molecule has 0 aromatic carbocycles. The summed E-state index contributed by atoms with van der Waals surface area (Å²) in [5, 5.41) is 11.8. The summed E-state index contributed by atoms with van der Waals surface area (Å²) in [5.74, 6) is -0.909. The highest BCUT2D eigenvalue weighted by Crippen LogP contribution is 2.15. The van der Waals surface area contributed by atoms with E-state index in [9.17, 15) is 9.59 Å². The highest BCUT2D eigenvalue weighted by Gasteiger charge is 2.17. The van der Waals surface area contributed by atoms with E-state index in [1.165, 1.54) is 0 Å². The van der Waals surface area contributed by atoms with E-state index in [2.05, 4.69) is 10.3 Å². The number of hydrogen-bond acceptors (Lipinski definition) is 3. The molecule has 1 atom stereocenters. The molecule has 1 aromatic rings. The quantitative estimate of drug-likeness (QED) is 0.758. The minimum atomic E-state index is -0.856. The highest BCUT2D eigenvalue weighted by molar-refractivity contribution is 6.29. The van der Waals surface area contributed by atoms with Gasteiger partial charge in [0.25, 0.3) is 5.91 Å². The lowest BCUT2D eigenvalue weighted by Gasteiger charge is -2.17. The van der Waals surface area contributed by atoms with Gasteiger partial charge in [0.05, 0.1) is 0 Å². The van der Waals surface area contributed by atoms with Crippen LogP contribution in [0.4, 0.5) is 0 Å². The van der Waals surface area contributed by atoms with E-state index in [4.69, 9.17) is 16.7 Å². The van der Waals surface area contributed by atoms with Crippen molar-refractivity contribution in [2.45, 2.75) is 26.7 Å². The molecule has 110 valence electrons. The van der Waals surface area contributed by atoms with Gasteiger partial charge < -0.3 is 10.4 Å². The molecule has 20 heavy (non-hydrogen) atoms. The Hall–Kier alpha value is -1.62. The molecule has 0 fully saturated rings. The monoisotopic (exact) mass is 298 g/mol. The van der Waals surface area contributed by atoms with Gasteiger partial charge in [0.15, 0.2) is 0 Å². The van der Waals surface area contributed by atoms with E-state index < -0.39 is 5.97 Å². The van der Waals surface area contributed by atoms with Crippen molar-refractivity contribution in [1.82, 2.24) is 10.3 Å². The van der Waals surface area contributed by atoms with E-state index in [1.807, 2.05) is 13.8 Å². The summed E-state index contributed by atoms with van der Waals surface area (Å²) in [6, 6.07) is 4.80. The van der Waals surface area contributed by atoms with Crippen molar-refractivity contribution in [2.75, 3.05) is 6.54 Å². The van der Waals surface area contributed by atoms with E-state index in [-0.39, 0.29) is 29.1 Å². The number of aromatic nitrogens is 1. The second-order valence-corrected chi connectivity index (χ2v) is 5.54. The number of pyridine rings is 1. The number of halogens is 1. The van der Waals surface area contributed by atoms with Crippen LogP contribution in [0, 0.1) is 11.8 Å². The second-order valence-electron chi connectivity index (χ2n) is 5.15. The van der Waals surface area contributed by atoms with Crippen LogP contribution in [0.3, 0.4) is 0 Å². The third kappa shape index (κ3) is 6.02. The topological polar surface area (TPSA) is 79.3 Å². The molecule has 0 spiro atoms. The van der Waals surface area contributed by atoms with Crippen molar-refractivity contribution in [3.63, 3.8) is 0 Å². The third-order valence-electron chi connectivity index (χ3n) is 2.77. The van der Waals surface area contributed by atoms with E-state index in [0.29, 0.717) is 12.5 Å². The number of aliphatic carboxylic acids is 1. The first kappa shape index (κ1) is 16.4. The zero-order valence-corrected chi connectivity index (χ0v) is 12.4. The maximum absolute atomic E-state index is 11.9. The lowest BCUT2D eigenvalue weighted by atomic mass is 9.94. The summed E-state index contributed by atoms with van der Waals surface area (Å²) < 4.78 is 0. The SMILES string of the molecule is CC(C)CC(CNC(=O)c1cccc(Cl)n1)CC(=O)O.